The Morgan fingerprint density at radius 3 is 2.89 bits per heavy atom. The normalized spacial score (nSPS) is 24.2. The van der Waals surface area contributed by atoms with Crippen LogP contribution in [0.4, 0.5) is 4.39 Å². The quantitative estimate of drug-likeness (QED) is 0.749. The monoisotopic (exact) mass is 266 g/mol. The highest BCUT2D eigenvalue weighted by Crippen LogP contribution is 2.19. The summed E-state index contributed by atoms with van der Waals surface area (Å²) in [6.45, 7) is 3.34. The molecule has 1 aliphatic heterocycles. The maximum Gasteiger partial charge on any atom is 0.227 e. The molecule has 1 aromatic rings. The average Bonchev–Trinajstić information content (AvgIpc) is 2.81. The van der Waals surface area contributed by atoms with Crippen LogP contribution in [0.25, 0.3) is 0 Å². The highest BCUT2D eigenvalue weighted by molar-refractivity contribution is 5.83. The SMILES string of the molecule is CC(C(=O)NCC1CNCC1O)c1ccccc1F. The lowest BCUT2D eigenvalue weighted by Gasteiger charge is -2.17. The van der Waals surface area contributed by atoms with Gasteiger partial charge in [-0.05, 0) is 18.6 Å². The minimum Gasteiger partial charge on any atom is -0.391 e. The van der Waals surface area contributed by atoms with Crippen LogP contribution in [0, 0.1) is 11.7 Å². The number of benzene rings is 1. The van der Waals surface area contributed by atoms with E-state index in [-0.39, 0.29) is 17.6 Å². The Kier molecular flexibility index (Phi) is 4.50. The second kappa shape index (κ2) is 6.12. The topological polar surface area (TPSA) is 61.4 Å². The third-order valence-corrected chi connectivity index (χ3v) is 3.61. The molecule has 3 unspecified atom stereocenters. The standard InChI is InChI=1S/C14H19FN2O2/c1-9(11-4-2-3-5-12(11)15)14(19)17-7-10-6-16-8-13(10)18/h2-5,9-10,13,16,18H,6-8H2,1H3,(H,17,19). The van der Waals surface area contributed by atoms with E-state index in [1.807, 2.05) is 0 Å². The molecule has 3 atom stereocenters. The fraction of sp³-hybridized carbons (Fsp3) is 0.500. The van der Waals surface area contributed by atoms with Crippen molar-refractivity contribution in [1.29, 1.82) is 0 Å². The van der Waals surface area contributed by atoms with Crippen molar-refractivity contribution >= 4 is 5.91 Å². The van der Waals surface area contributed by atoms with Gasteiger partial charge < -0.3 is 15.7 Å². The van der Waals surface area contributed by atoms with Gasteiger partial charge in [-0.1, -0.05) is 18.2 Å². The van der Waals surface area contributed by atoms with Gasteiger partial charge in [-0.15, -0.1) is 0 Å². The first-order valence-electron chi connectivity index (χ1n) is 6.50. The van der Waals surface area contributed by atoms with Crippen molar-refractivity contribution in [2.75, 3.05) is 19.6 Å². The molecule has 1 aliphatic rings. The first-order chi connectivity index (χ1) is 9.09. The number of rotatable bonds is 4. The van der Waals surface area contributed by atoms with E-state index in [4.69, 9.17) is 0 Å². The summed E-state index contributed by atoms with van der Waals surface area (Å²) in [7, 11) is 0. The zero-order chi connectivity index (χ0) is 13.8. The van der Waals surface area contributed by atoms with Crippen molar-refractivity contribution < 1.29 is 14.3 Å². The lowest BCUT2D eigenvalue weighted by molar-refractivity contribution is -0.122. The van der Waals surface area contributed by atoms with Gasteiger partial charge in [-0.25, -0.2) is 4.39 Å². The highest BCUT2D eigenvalue weighted by Gasteiger charge is 2.26. The maximum atomic E-state index is 13.6. The van der Waals surface area contributed by atoms with Crippen LogP contribution in [0.2, 0.25) is 0 Å². The van der Waals surface area contributed by atoms with Crippen LogP contribution in [0.5, 0.6) is 0 Å². The molecular formula is C14H19FN2O2. The molecule has 19 heavy (non-hydrogen) atoms. The number of aliphatic hydroxyl groups excluding tert-OH is 1. The molecule has 1 fully saturated rings. The van der Waals surface area contributed by atoms with Crippen LogP contribution in [0.15, 0.2) is 24.3 Å². The molecule has 0 aromatic heterocycles. The number of carbonyl (C=O) groups excluding carboxylic acids is 1. The molecule has 3 N–H and O–H groups in total. The van der Waals surface area contributed by atoms with E-state index in [1.54, 1.807) is 25.1 Å². The molecule has 1 aromatic carbocycles. The van der Waals surface area contributed by atoms with E-state index < -0.39 is 12.0 Å². The van der Waals surface area contributed by atoms with Gasteiger partial charge in [0, 0.05) is 25.6 Å². The fourth-order valence-electron chi connectivity index (χ4n) is 2.28. The smallest absolute Gasteiger partial charge is 0.227 e. The number of aliphatic hydroxyl groups is 1. The van der Waals surface area contributed by atoms with Crippen LogP contribution < -0.4 is 10.6 Å². The average molecular weight is 266 g/mol. The first kappa shape index (κ1) is 14.0. The second-order valence-corrected chi connectivity index (χ2v) is 4.97. The summed E-state index contributed by atoms with van der Waals surface area (Å²) in [6.07, 6.45) is -0.427. The van der Waals surface area contributed by atoms with Gasteiger partial charge in [0.25, 0.3) is 0 Å². The Morgan fingerprint density at radius 2 is 2.26 bits per heavy atom. The molecule has 4 nitrogen and oxygen atoms in total. The molecule has 0 spiro atoms. The summed E-state index contributed by atoms with van der Waals surface area (Å²) in [5.74, 6) is -1.10. The minimum absolute atomic E-state index is 0.0248. The molecule has 104 valence electrons. The Balaban J connectivity index is 1.91. The zero-order valence-electron chi connectivity index (χ0n) is 10.9. The maximum absolute atomic E-state index is 13.6. The second-order valence-electron chi connectivity index (χ2n) is 4.97. The van der Waals surface area contributed by atoms with Gasteiger partial charge in [0.15, 0.2) is 0 Å². The Hall–Kier alpha value is -1.46. The third-order valence-electron chi connectivity index (χ3n) is 3.61. The largest absolute Gasteiger partial charge is 0.391 e. The van der Waals surface area contributed by atoms with Gasteiger partial charge in [0.05, 0.1) is 12.0 Å². The summed E-state index contributed by atoms with van der Waals surface area (Å²) in [4.78, 5) is 12.0. The number of carbonyl (C=O) groups is 1. The van der Waals surface area contributed by atoms with Gasteiger partial charge in [0.2, 0.25) is 5.91 Å². The fourth-order valence-corrected chi connectivity index (χ4v) is 2.28. The lowest BCUT2D eigenvalue weighted by atomic mass is 9.99. The number of hydrogen-bond acceptors (Lipinski definition) is 3. The predicted octanol–water partition coefficient (Wildman–Crippen LogP) is 0.626. The zero-order valence-corrected chi connectivity index (χ0v) is 10.9. The van der Waals surface area contributed by atoms with Crippen molar-refractivity contribution in [3.8, 4) is 0 Å². The first-order valence-corrected chi connectivity index (χ1v) is 6.50. The van der Waals surface area contributed by atoms with Crippen molar-refractivity contribution in [2.45, 2.75) is 18.9 Å². The molecule has 1 amide bonds. The van der Waals surface area contributed by atoms with Gasteiger partial charge >= 0.3 is 0 Å². The van der Waals surface area contributed by atoms with Crippen molar-refractivity contribution in [1.82, 2.24) is 10.6 Å². The number of amides is 1. The van der Waals surface area contributed by atoms with E-state index in [1.165, 1.54) is 6.07 Å². The summed E-state index contributed by atoms with van der Waals surface area (Å²) < 4.78 is 13.6. The third kappa shape index (κ3) is 3.30. The molecule has 1 saturated heterocycles. The van der Waals surface area contributed by atoms with E-state index >= 15 is 0 Å². The molecular weight excluding hydrogens is 247 g/mol. The lowest BCUT2D eigenvalue weighted by Crippen LogP contribution is -2.36. The van der Waals surface area contributed by atoms with Gasteiger partial charge in [0.1, 0.15) is 5.82 Å². The number of nitrogens with one attached hydrogen (secondary N) is 2. The molecule has 5 heteroatoms. The summed E-state index contributed by atoms with van der Waals surface area (Å²) in [5.41, 5.74) is 0.394. The molecule has 0 saturated carbocycles. The Labute approximate surface area is 112 Å². The van der Waals surface area contributed by atoms with Crippen LogP contribution in [-0.2, 0) is 4.79 Å². The molecule has 1 heterocycles. The Bertz CT molecular complexity index is 453. The van der Waals surface area contributed by atoms with E-state index in [9.17, 15) is 14.3 Å². The van der Waals surface area contributed by atoms with Crippen LogP contribution in [0.3, 0.4) is 0 Å². The minimum atomic E-state index is -0.535. The van der Waals surface area contributed by atoms with Crippen LogP contribution >= 0.6 is 0 Å². The number of halogens is 1. The predicted molar refractivity (Wildman–Crippen MR) is 70.2 cm³/mol. The summed E-state index contributed by atoms with van der Waals surface area (Å²) >= 11 is 0. The van der Waals surface area contributed by atoms with Crippen LogP contribution in [0.1, 0.15) is 18.4 Å². The molecule has 0 bridgehead atoms. The van der Waals surface area contributed by atoms with Gasteiger partial charge in [-0.2, -0.15) is 0 Å². The van der Waals surface area contributed by atoms with Crippen molar-refractivity contribution in [2.24, 2.45) is 5.92 Å². The van der Waals surface area contributed by atoms with E-state index in [2.05, 4.69) is 10.6 Å². The molecule has 0 radical (unpaired) electrons. The highest BCUT2D eigenvalue weighted by atomic mass is 19.1. The molecule has 0 aliphatic carbocycles. The van der Waals surface area contributed by atoms with E-state index in [0.717, 1.165) is 0 Å². The molecule has 2 rings (SSSR count). The van der Waals surface area contributed by atoms with Crippen molar-refractivity contribution in [3.05, 3.63) is 35.6 Å². The summed E-state index contributed by atoms with van der Waals surface area (Å²) in [5, 5.41) is 15.5. The van der Waals surface area contributed by atoms with Crippen molar-refractivity contribution in [3.63, 3.8) is 0 Å². The van der Waals surface area contributed by atoms with Crippen LogP contribution in [-0.4, -0.2) is 36.8 Å². The number of β-amino-alcohol motifs (C(OH)–C–C–N with tert-alkyl or cyclic N) is 1. The summed E-state index contributed by atoms with van der Waals surface area (Å²) in [6, 6.07) is 6.28. The van der Waals surface area contributed by atoms with E-state index in [0.29, 0.717) is 25.2 Å². The Morgan fingerprint density at radius 1 is 1.53 bits per heavy atom. The number of hydrogen-bond donors (Lipinski definition) is 3. The van der Waals surface area contributed by atoms with Gasteiger partial charge in [-0.3, -0.25) is 4.79 Å².